The number of rotatable bonds is 11. The van der Waals surface area contributed by atoms with Crippen molar-refractivity contribution in [1.82, 2.24) is 25.2 Å². The first-order valence-electron chi connectivity index (χ1n) is 10.4. The van der Waals surface area contributed by atoms with Gasteiger partial charge in [-0.05, 0) is 37.1 Å². The van der Waals surface area contributed by atoms with E-state index in [1.165, 1.54) is 18.3 Å². The summed E-state index contributed by atoms with van der Waals surface area (Å²) in [6.07, 6.45) is 2.58. The minimum atomic E-state index is -4.69. The Kier molecular flexibility index (Phi) is 8.35. The molecule has 2 aromatic heterocycles. The van der Waals surface area contributed by atoms with Crippen LogP contribution in [0.3, 0.4) is 0 Å². The van der Waals surface area contributed by atoms with Crippen molar-refractivity contribution in [3.63, 3.8) is 0 Å². The van der Waals surface area contributed by atoms with E-state index in [0.717, 1.165) is 31.4 Å². The number of nitrogens with one attached hydrogen (secondary N) is 3. The second kappa shape index (κ2) is 11.4. The average Bonchev–Trinajstić information content (AvgIpc) is 3.24. The number of hydrogen-bond donors (Lipinski definition) is 4. The third-order valence-corrected chi connectivity index (χ3v) is 4.76. The number of benzene rings is 1. The third kappa shape index (κ3) is 7.40. The van der Waals surface area contributed by atoms with Crippen LogP contribution in [-0.2, 0) is 17.5 Å². The van der Waals surface area contributed by atoms with Crippen molar-refractivity contribution in [3.05, 3.63) is 54.2 Å². The smallest absolute Gasteiger partial charge is 0.340 e. The number of carbonyl (C=O) groups excluding carboxylic acids is 1. The van der Waals surface area contributed by atoms with Gasteiger partial charge in [0.1, 0.15) is 17.2 Å². The molecule has 2 heterocycles. The van der Waals surface area contributed by atoms with E-state index < -0.39 is 29.3 Å². The largest absolute Gasteiger partial charge is 0.421 e. The van der Waals surface area contributed by atoms with E-state index >= 15 is 0 Å². The number of hydrogen-bond acceptors (Lipinski definition) is 7. The number of halogens is 4. The summed E-state index contributed by atoms with van der Waals surface area (Å²) in [6, 6.07) is 4.85. The van der Waals surface area contributed by atoms with E-state index in [4.69, 9.17) is 5.21 Å². The van der Waals surface area contributed by atoms with Crippen LogP contribution in [0.4, 0.5) is 40.7 Å². The second-order valence-corrected chi connectivity index (χ2v) is 7.40. The Bertz CT molecular complexity index is 1090. The lowest BCUT2D eigenvalue weighted by atomic mass is 10.1. The summed E-state index contributed by atoms with van der Waals surface area (Å²) < 4.78 is 54.9. The summed E-state index contributed by atoms with van der Waals surface area (Å²) >= 11 is 0. The van der Waals surface area contributed by atoms with Gasteiger partial charge in [0.2, 0.25) is 11.9 Å². The predicted molar refractivity (Wildman–Crippen MR) is 115 cm³/mol. The van der Waals surface area contributed by atoms with Gasteiger partial charge in [-0.2, -0.15) is 23.3 Å². The average molecular weight is 481 g/mol. The first-order chi connectivity index (χ1) is 16.2. The minimum Gasteiger partial charge on any atom is -0.340 e. The molecule has 9 nitrogen and oxygen atoms in total. The van der Waals surface area contributed by atoms with Crippen molar-refractivity contribution in [1.29, 1.82) is 0 Å². The summed E-state index contributed by atoms with van der Waals surface area (Å²) in [5.74, 6) is -1.47. The van der Waals surface area contributed by atoms with Gasteiger partial charge in [-0.25, -0.2) is 14.9 Å². The van der Waals surface area contributed by atoms with Crippen LogP contribution in [0.2, 0.25) is 0 Å². The highest BCUT2D eigenvalue weighted by Crippen LogP contribution is 2.35. The molecule has 0 fully saturated rings. The number of anilines is 4. The molecule has 1 aromatic carbocycles. The summed E-state index contributed by atoms with van der Waals surface area (Å²) in [6.45, 7) is 0.610. The molecule has 0 aliphatic carbocycles. The van der Waals surface area contributed by atoms with Gasteiger partial charge in [0.25, 0.3) is 0 Å². The molecule has 182 valence electrons. The van der Waals surface area contributed by atoms with E-state index in [9.17, 15) is 22.4 Å². The predicted octanol–water partition coefficient (Wildman–Crippen LogP) is 4.77. The number of carbonyl (C=O) groups is 1. The SMILES string of the molecule is O=C(CCCCCCn1cc(Nc2ncc(C(F)(F)F)c(Nc3ccc(F)cc3)n2)cn1)NO. The molecule has 0 unspecified atom stereocenters. The Morgan fingerprint density at radius 3 is 2.44 bits per heavy atom. The van der Waals surface area contributed by atoms with E-state index in [1.54, 1.807) is 16.4 Å². The van der Waals surface area contributed by atoms with Crippen LogP contribution in [0.25, 0.3) is 0 Å². The maximum absolute atomic E-state index is 13.4. The number of amides is 1. The van der Waals surface area contributed by atoms with Crippen LogP contribution in [0, 0.1) is 5.82 Å². The van der Waals surface area contributed by atoms with E-state index in [-0.39, 0.29) is 18.1 Å². The van der Waals surface area contributed by atoms with Gasteiger partial charge in [-0.3, -0.25) is 14.7 Å². The molecule has 1 amide bonds. The number of alkyl halides is 3. The van der Waals surface area contributed by atoms with Crippen LogP contribution in [-0.4, -0.2) is 30.9 Å². The summed E-state index contributed by atoms with van der Waals surface area (Å²) in [4.78, 5) is 18.6. The molecule has 3 aromatic rings. The van der Waals surface area contributed by atoms with Crippen molar-refractivity contribution in [2.24, 2.45) is 0 Å². The molecule has 34 heavy (non-hydrogen) atoms. The van der Waals surface area contributed by atoms with Crippen molar-refractivity contribution in [3.8, 4) is 0 Å². The molecular weight excluding hydrogens is 458 g/mol. The maximum Gasteiger partial charge on any atom is 0.421 e. The van der Waals surface area contributed by atoms with Crippen molar-refractivity contribution in [2.45, 2.75) is 44.8 Å². The molecule has 0 atom stereocenters. The van der Waals surface area contributed by atoms with Gasteiger partial charge in [-0.1, -0.05) is 12.8 Å². The Morgan fingerprint density at radius 1 is 1.00 bits per heavy atom. The number of aromatic nitrogens is 4. The first-order valence-corrected chi connectivity index (χ1v) is 10.4. The Labute approximate surface area is 192 Å². The fraction of sp³-hybridized carbons (Fsp3) is 0.333. The van der Waals surface area contributed by atoms with Gasteiger partial charge >= 0.3 is 6.18 Å². The van der Waals surface area contributed by atoms with Crippen LogP contribution in [0.15, 0.2) is 42.9 Å². The molecular formula is C21H23F4N7O2. The van der Waals surface area contributed by atoms with Gasteiger partial charge in [0, 0.05) is 31.0 Å². The lowest BCUT2D eigenvalue weighted by Crippen LogP contribution is -2.17. The quantitative estimate of drug-likeness (QED) is 0.135. The van der Waals surface area contributed by atoms with Gasteiger partial charge in [0.15, 0.2) is 0 Å². The van der Waals surface area contributed by atoms with Gasteiger partial charge in [0.05, 0.1) is 11.9 Å². The highest BCUT2D eigenvalue weighted by atomic mass is 19.4. The van der Waals surface area contributed by atoms with Gasteiger partial charge < -0.3 is 10.6 Å². The lowest BCUT2D eigenvalue weighted by molar-refractivity contribution is -0.137. The molecule has 3 rings (SSSR count). The summed E-state index contributed by atoms with van der Waals surface area (Å²) in [7, 11) is 0. The maximum atomic E-state index is 13.4. The van der Waals surface area contributed by atoms with Crippen LogP contribution >= 0.6 is 0 Å². The zero-order chi connectivity index (χ0) is 24.6. The van der Waals surface area contributed by atoms with E-state index in [2.05, 4.69) is 25.7 Å². The summed E-state index contributed by atoms with van der Waals surface area (Å²) in [5, 5.41) is 18.0. The molecule has 0 saturated heterocycles. The van der Waals surface area contributed by atoms with Crippen LogP contribution in [0.5, 0.6) is 0 Å². The van der Waals surface area contributed by atoms with Crippen LogP contribution < -0.4 is 16.1 Å². The number of hydroxylamine groups is 1. The minimum absolute atomic E-state index is 0.0701. The molecule has 13 heteroatoms. The highest BCUT2D eigenvalue weighted by Gasteiger charge is 2.35. The molecule has 0 bridgehead atoms. The fourth-order valence-electron chi connectivity index (χ4n) is 3.06. The monoisotopic (exact) mass is 481 g/mol. The molecule has 0 radical (unpaired) electrons. The van der Waals surface area contributed by atoms with E-state index in [0.29, 0.717) is 24.8 Å². The van der Waals surface area contributed by atoms with Crippen molar-refractivity contribution < 1.29 is 27.6 Å². The molecule has 0 saturated carbocycles. The topological polar surface area (TPSA) is 117 Å². The Balaban J connectivity index is 1.60. The zero-order valence-electron chi connectivity index (χ0n) is 17.9. The molecule has 0 spiro atoms. The van der Waals surface area contributed by atoms with Gasteiger partial charge in [-0.15, -0.1) is 0 Å². The standard InChI is InChI=1S/C21H23F4N7O2/c22-14-6-8-15(9-7-14)28-19-17(21(23,24)25)12-26-20(30-19)29-16-11-27-32(13-16)10-4-2-1-3-5-18(33)31-34/h6-9,11-13,34H,1-5,10H2,(H,31,33)(H2,26,28,29,30). The lowest BCUT2D eigenvalue weighted by Gasteiger charge is -2.14. The highest BCUT2D eigenvalue weighted by molar-refractivity contribution is 5.74. The molecule has 0 aliphatic heterocycles. The summed E-state index contributed by atoms with van der Waals surface area (Å²) in [5.41, 5.74) is 1.26. The number of unbranched alkanes of at least 4 members (excludes halogenated alkanes) is 3. The Hall–Kier alpha value is -3.74. The second-order valence-electron chi connectivity index (χ2n) is 7.40. The number of nitrogens with zero attached hydrogens (tertiary/aromatic N) is 4. The van der Waals surface area contributed by atoms with E-state index in [1.807, 2.05) is 0 Å². The zero-order valence-corrected chi connectivity index (χ0v) is 17.9. The Morgan fingerprint density at radius 2 is 1.74 bits per heavy atom. The number of aryl methyl sites for hydroxylation is 1. The first kappa shape index (κ1) is 24.9. The van der Waals surface area contributed by atoms with Crippen molar-refractivity contribution in [2.75, 3.05) is 10.6 Å². The third-order valence-electron chi connectivity index (χ3n) is 4.76. The van der Waals surface area contributed by atoms with Crippen LogP contribution in [0.1, 0.15) is 37.7 Å². The molecule has 4 N–H and O–H groups in total. The fourth-order valence-corrected chi connectivity index (χ4v) is 3.06. The van der Waals surface area contributed by atoms with Crippen molar-refractivity contribution >= 4 is 29.0 Å². The molecule has 0 aliphatic rings. The normalized spacial score (nSPS) is 11.3.